The number of non-ortho nitro benzene ring substituents is 1. The fourth-order valence-electron chi connectivity index (χ4n) is 2.34. The number of nitro groups is 1. The Kier molecular flexibility index (Phi) is 4.40. The van der Waals surface area contributed by atoms with Crippen LogP contribution < -0.4 is 10.6 Å². The summed E-state index contributed by atoms with van der Waals surface area (Å²) in [7, 11) is 0. The van der Waals surface area contributed by atoms with Crippen LogP contribution in [-0.2, 0) is 0 Å². The van der Waals surface area contributed by atoms with Crippen molar-refractivity contribution in [1.82, 2.24) is 0 Å². The van der Waals surface area contributed by atoms with Gasteiger partial charge in [-0.15, -0.1) is 0 Å². The Morgan fingerprint density at radius 2 is 1.88 bits per heavy atom. The molecular formula is C17H12ClN3O4. The number of carbonyl (C=O) groups is 1. The molecule has 0 atom stereocenters. The zero-order valence-corrected chi connectivity index (χ0v) is 13.4. The lowest BCUT2D eigenvalue weighted by molar-refractivity contribution is -0.384. The smallest absolute Gasteiger partial charge is 0.323 e. The van der Waals surface area contributed by atoms with E-state index >= 15 is 0 Å². The molecule has 0 aliphatic heterocycles. The van der Waals surface area contributed by atoms with Gasteiger partial charge in [0.1, 0.15) is 5.75 Å². The number of hydrogen-bond acceptors (Lipinski definition) is 4. The molecule has 0 aliphatic rings. The lowest BCUT2D eigenvalue weighted by atomic mass is 10.1. The van der Waals surface area contributed by atoms with Crippen LogP contribution in [0.4, 0.5) is 21.9 Å². The van der Waals surface area contributed by atoms with E-state index in [-0.39, 0.29) is 22.1 Å². The summed E-state index contributed by atoms with van der Waals surface area (Å²) < 4.78 is 0. The van der Waals surface area contributed by atoms with Crippen molar-refractivity contribution in [2.45, 2.75) is 0 Å². The van der Waals surface area contributed by atoms with Crippen molar-refractivity contribution in [3.8, 4) is 5.75 Å². The predicted octanol–water partition coefficient (Wildman–Crippen LogP) is 4.75. The summed E-state index contributed by atoms with van der Waals surface area (Å²) in [6.45, 7) is 0. The number of phenols is 1. The van der Waals surface area contributed by atoms with Crippen molar-refractivity contribution in [2.75, 3.05) is 10.6 Å². The number of carbonyl (C=O) groups excluding carboxylic acids is 1. The number of nitrogens with zero attached hydrogens (tertiary/aromatic N) is 1. The number of nitrogens with one attached hydrogen (secondary N) is 2. The van der Waals surface area contributed by atoms with Gasteiger partial charge in [0.15, 0.2) is 0 Å². The van der Waals surface area contributed by atoms with Crippen molar-refractivity contribution >= 4 is 45.5 Å². The van der Waals surface area contributed by atoms with Crippen LogP contribution in [0.1, 0.15) is 0 Å². The van der Waals surface area contributed by atoms with Crippen molar-refractivity contribution in [1.29, 1.82) is 0 Å². The van der Waals surface area contributed by atoms with Crippen LogP contribution >= 0.6 is 11.6 Å². The lowest BCUT2D eigenvalue weighted by Crippen LogP contribution is -2.19. The molecule has 0 aromatic heterocycles. The Hall–Kier alpha value is -3.32. The zero-order chi connectivity index (χ0) is 18.0. The van der Waals surface area contributed by atoms with Crippen LogP contribution in [-0.4, -0.2) is 16.1 Å². The van der Waals surface area contributed by atoms with Gasteiger partial charge in [-0.3, -0.25) is 10.1 Å². The minimum atomic E-state index is -0.614. The molecule has 0 heterocycles. The number of rotatable bonds is 3. The molecule has 0 unspecified atom stereocenters. The quantitative estimate of drug-likeness (QED) is 0.464. The monoisotopic (exact) mass is 357 g/mol. The lowest BCUT2D eigenvalue weighted by Gasteiger charge is -2.10. The molecule has 0 bridgehead atoms. The summed E-state index contributed by atoms with van der Waals surface area (Å²) in [6, 6.07) is 13.3. The molecule has 8 heteroatoms. The molecule has 0 spiro atoms. The fraction of sp³-hybridized carbons (Fsp3) is 0. The molecule has 0 aliphatic carbocycles. The summed E-state index contributed by atoms with van der Waals surface area (Å²) >= 11 is 5.95. The van der Waals surface area contributed by atoms with Crippen molar-refractivity contribution in [3.05, 3.63) is 69.7 Å². The fourth-order valence-corrected chi connectivity index (χ4v) is 2.51. The highest BCUT2D eigenvalue weighted by atomic mass is 35.5. The van der Waals surface area contributed by atoms with Crippen molar-refractivity contribution in [3.63, 3.8) is 0 Å². The molecule has 3 N–H and O–H groups in total. The maximum atomic E-state index is 12.1. The van der Waals surface area contributed by atoms with Gasteiger partial charge in [0.25, 0.3) is 5.69 Å². The summed E-state index contributed by atoms with van der Waals surface area (Å²) in [6.07, 6.45) is 0. The first-order chi connectivity index (χ1) is 11.9. The van der Waals surface area contributed by atoms with Crippen LogP contribution in [0.2, 0.25) is 5.02 Å². The second-order valence-corrected chi connectivity index (χ2v) is 5.62. The summed E-state index contributed by atoms with van der Waals surface area (Å²) in [4.78, 5) is 22.4. The third-order valence-electron chi connectivity index (χ3n) is 3.53. The van der Waals surface area contributed by atoms with Crippen LogP contribution in [0, 0.1) is 10.1 Å². The van der Waals surface area contributed by atoms with Gasteiger partial charge in [0.2, 0.25) is 0 Å². The Morgan fingerprint density at radius 1 is 1.08 bits per heavy atom. The first-order valence-corrected chi connectivity index (χ1v) is 7.55. The van der Waals surface area contributed by atoms with E-state index in [9.17, 15) is 20.0 Å². The summed E-state index contributed by atoms with van der Waals surface area (Å²) in [5.74, 6) is 0.100. The molecule has 0 saturated carbocycles. The van der Waals surface area contributed by atoms with E-state index in [1.165, 1.54) is 18.2 Å². The first-order valence-electron chi connectivity index (χ1n) is 7.18. The van der Waals surface area contributed by atoms with E-state index in [0.29, 0.717) is 11.1 Å². The van der Waals surface area contributed by atoms with E-state index < -0.39 is 11.0 Å². The number of aromatic hydroxyl groups is 1. The number of fused-ring (bicyclic) bond motifs is 1. The zero-order valence-electron chi connectivity index (χ0n) is 12.7. The number of amides is 2. The average Bonchev–Trinajstić information content (AvgIpc) is 2.57. The second kappa shape index (κ2) is 6.66. The molecular weight excluding hydrogens is 346 g/mol. The molecule has 3 aromatic rings. The number of halogens is 1. The van der Waals surface area contributed by atoms with E-state index in [4.69, 9.17) is 11.6 Å². The average molecular weight is 358 g/mol. The molecule has 0 fully saturated rings. The minimum absolute atomic E-state index is 0.100. The van der Waals surface area contributed by atoms with Gasteiger partial charge in [0, 0.05) is 23.2 Å². The number of benzene rings is 3. The van der Waals surface area contributed by atoms with E-state index in [1.807, 2.05) is 6.07 Å². The largest absolute Gasteiger partial charge is 0.507 e. The number of hydrogen-bond donors (Lipinski definition) is 3. The van der Waals surface area contributed by atoms with Crippen LogP contribution in [0.25, 0.3) is 10.8 Å². The van der Waals surface area contributed by atoms with Gasteiger partial charge < -0.3 is 15.7 Å². The van der Waals surface area contributed by atoms with Gasteiger partial charge >= 0.3 is 6.03 Å². The Labute approximate surface area is 147 Å². The Balaban J connectivity index is 1.80. The van der Waals surface area contributed by atoms with E-state index in [2.05, 4.69) is 10.6 Å². The predicted molar refractivity (Wildman–Crippen MR) is 96.4 cm³/mol. The number of anilines is 2. The summed E-state index contributed by atoms with van der Waals surface area (Å²) in [5, 5.41) is 27.3. The normalized spacial score (nSPS) is 10.4. The highest BCUT2D eigenvalue weighted by Crippen LogP contribution is 2.28. The molecule has 2 amide bonds. The minimum Gasteiger partial charge on any atom is -0.507 e. The number of nitro benzene ring substituents is 1. The molecule has 25 heavy (non-hydrogen) atoms. The molecule has 0 saturated heterocycles. The highest BCUT2D eigenvalue weighted by Gasteiger charge is 2.12. The molecule has 126 valence electrons. The van der Waals surface area contributed by atoms with Crippen molar-refractivity contribution < 1.29 is 14.8 Å². The Morgan fingerprint density at radius 3 is 2.64 bits per heavy atom. The molecule has 3 rings (SSSR count). The molecule has 0 radical (unpaired) electrons. The van der Waals surface area contributed by atoms with Crippen molar-refractivity contribution in [2.24, 2.45) is 0 Å². The molecule has 7 nitrogen and oxygen atoms in total. The maximum absolute atomic E-state index is 12.1. The second-order valence-electron chi connectivity index (χ2n) is 5.21. The topological polar surface area (TPSA) is 104 Å². The van der Waals surface area contributed by atoms with E-state index in [1.54, 1.807) is 30.3 Å². The van der Waals surface area contributed by atoms with Crippen LogP contribution in [0.3, 0.4) is 0 Å². The number of urea groups is 1. The number of phenolic OH excluding ortho intramolecular Hbond substituents is 1. The van der Waals surface area contributed by atoms with E-state index in [0.717, 1.165) is 5.39 Å². The maximum Gasteiger partial charge on any atom is 0.323 e. The molecule has 3 aromatic carbocycles. The van der Waals surface area contributed by atoms with Gasteiger partial charge in [0.05, 0.1) is 15.6 Å². The van der Waals surface area contributed by atoms with Gasteiger partial charge in [-0.05, 0) is 29.7 Å². The van der Waals surface area contributed by atoms with Gasteiger partial charge in [-0.2, -0.15) is 0 Å². The SMILES string of the molecule is O=C(Nc1ccc2cccc(O)c2c1)Nc1cc([N+](=O)[O-])ccc1Cl. The third-order valence-corrected chi connectivity index (χ3v) is 3.86. The third kappa shape index (κ3) is 3.61. The first kappa shape index (κ1) is 16.5. The standard InChI is InChI=1S/C17H12ClN3O4/c18-14-7-6-12(21(24)25)9-15(14)20-17(23)19-11-5-4-10-2-1-3-16(22)13(10)8-11/h1-9,22H,(H2,19,20,23). The van der Waals surface area contributed by atoms with Crippen LogP contribution in [0.15, 0.2) is 54.6 Å². The highest BCUT2D eigenvalue weighted by molar-refractivity contribution is 6.33. The summed E-state index contributed by atoms with van der Waals surface area (Å²) in [5.41, 5.74) is 0.389. The van der Waals surface area contributed by atoms with Crippen LogP contribution in [0.5, 0.6) is 5.75 Å². The van der Waals surface area contributed by atoms with Gasteiger partial charge in [-0.25, -0.2) is 4.79 Å². The Bertz CT molecular complexity index is 991. The van der Waals surface area contributed by atoms with Gasteiger partial charge in [-0.1, -0.05) is 29.8 Å².